The lowest BCUT2D eigenvalue weighted by atomic mass is 10.1. The van der Waals surface area contributed by atoms with Gasteiger partial charge in [-0.2, -0.15) is 0 Å². The fourth-order valence-electron chi connectivity index (χ4n) is 3.05. The molecule has 5 nitrogen and oxygen atoms in total. The van der Waals surface area contributed by atoms with Gasteiger partial charge in [-0.3, -0.25) is 0 Å². The molecule has 1 heterocycles. The van der Waals surface area contributed by atoms with E-state index in [1.807, 2.05) is 18.2 Å². The number of imidazole rings is 1. The fraction of sp³-hybridized carbons (Fsp3) is 0.350. The summed E-state index contributed by atoms with van der Waals surface area (Å²) >= 11 is 0. The normalized spacial score (nSPS) is 11.0. The number of nitrogens with zero attached hydrogens (tertiary/aromatic N) is 2. The van der Waals surface area contributed by atoms with Crippen molar-refractivity contribution < 1.29 is 14.2 Å². The van der Waals surface area contributed by atoms with Gasteiger partial charge in [0.1, 0.15) is 5.82 Å². The molecule has 0 saturated heterocycles. The molecule has 2 aromatic carbocycles. The summed E-state index contributed by atoms with van der Waals surface area (Å²) in [5.41, 5.74) is 3.32. The molecule has 3 rings (SSSR count). The number of methoxy groups -OCH3 is 3. The van der Waals surface area contributed by atoms with E-state index >= 15 is 0 Å². The molecular weight excluding hydrogens is 316 g/mol. The molecule has 0 fully saturated rings. The van der Waals surface area contributed by atoms with Crippen molar-refractivity contribution in [3.05, 3.63) is 53.9 Å². The number of aryl methyl sites for hydroxylation is 1. The maximum absolute atomic E-state index is 5.41. The van der Waals surface area contributed by atoms with E-state index in [0.29, 0.717) is 0 Å². The van der Waals surface area contributed by atoms with Gasteiger partial charge in [0.05, 0.1) is 25.3 Å². The van der Waals surface area contributed by atoms with Crippen molar-refractivity contribution in [1.82, 2.24) is 9.55 Å². The van der Waals surface area contributed by atoms with Gasteiger partial charge >= 0.3 is 0 Å². The second-order valence-electron chi connectivity index (χ2n) is 5.88. The summed E-state index contributed by atoms with van der Waals surface area (Å²) in [4.78, 5) is 4.83. The minimum Gasteiger partial charge on any atom is -0.493 e. The SMILES string of the molecule is COCCCn1c(Cc2ccc(OC)c(OC)c2)nc2ccccc21. The molecule has 132 valence electrons. The van der Waals surface area contributed by atoms with Crippen LogP contribution in [0.15, 0.2) is 42.5 Å². The van der Waals surface area contributed by atoms with Crippen LogP contribution in [0.3, 0.4) is 0 Å². The van der Waals surface area contributed by atoms with Crippen molar-refractivity contribution in [2.24, 2.45) is 0 Å². The van der Waals surface area contributed by atoms with Crippen molar-refractivity contribution >= 4 is 11.0 Å². The Morgan fingerprint density at radius 3 is 2.52 bits per heavy atom. The highest BCUT2D eigenvalue weighted by atomic mass is 16.5. The Labute approximate surface area is 148 Å². The number of rotatable bonds is 8. The first-order chi connectivity index (χ1) is 12.3. The summed E-state index contributed by atoms with van der Waals surface area (Å²) in [7, 11) is 5.03. The van der Waals surface area contributed by atoms with Crippen LogP contribution < -0.4 is 9.47 Å². The van der Waals surface area contributed by atoms with Gasteiger partial charge in [0, 0.05) is 26.7 Å². The third-order valence-corrected chi connectivity index (χ3v) is 4.27. The first-order valence-electron chi connectivity index (χ1n) is 8.40. The molecule has 3 aromatic rings. The second kappa shape index (κ2) is 8.03. The minimum atomic E-state index is 0.736. The number of hydrogen-bond acceptors (Lipinski definition) is 4. The summed E-state index contributed by atoms with van der Waals surface area (Å²) in [5.74, 6) is 2.52. The van der Waals surface area contributed by atoms with Crippen LogP contribution in [-0.4, -0.2) is 37.5 Å². The molecule has 0 saturated carbocycles. The number of ether oxygens (including phenoxy) is 3. The first-order valence-corrected chi connectivity index (χ1v) is 8.40. The van der Waals surface area contributed by atoms with E-state index in [2.05, 4.69) is 28.8 Å². The van der Waals surface area contributed by atoms with E-state index in [1.165, 1.54) is 0 Å². The van der Waals surface area contributed by atoms with Crippen LogP contribution in [0.4, 0.5) is 0 Å². The zero-order chi connectivity index (χ0) is 17.6. The van der Waals surface area contributed by atoms with Crippen LogP contribution >= 0.6 is 0 Å². The van der Waals surface area contributed by atoms with Gasteiger partial charge in [-0.1, -0.05) is 18.2 Å². The molecule has 1 aromatic heterocycles. The van der Waals surface area contributed by atoms with E-state index in [9.17, 15) is 0 Å². The van der Waals surface area contributed by atoms with Gasteiger partial charge in [0.25, 0.3) is 0 Å². The number of para-hydroxylation sites is 2. The number of aromatic nitrogens is 2. The molecule has 0 aliphatic heterocycles. The molecule has 0 unspecified atom stereocenters. The minimum absolute atomic E-state index is 0.736. The standard InChI is InChI=1S/C20H24N2O3/c1-23-12-6-11-22-17-8-5-4-7-16(17)21-20(22)14-15-9-10-18(24-2)19(13-15)25-3/h4-5,7-10,13H,6,11-12,14H2,1-3H3. The quantitative estimate of drug-likeness (QED) is 0.587. The monoisotopic (exact) mass is 340 g/mol. The summed E-state index contributed by atoms with van der Waals surface area (Å²) in [6.45, 7) is 1.62. The van der Waals surface area contributed by atoms with Crippen molar-refractivity contribution in [3.63, 3.8) is 0 Å². The second-order valence-corrected chi connectivity index (χ2v) is 5.88. The largest absolute Gasteiger partial charge is 0.493 e. The van der Waals surface area contributed by atoms with Gasteiger partial charge in [-0.15, -0.1) is 0 Å². The maximum Gasteiger partial charge on any atom is 0.161 e. The molecule has 0 spiro atoms. The van der Waals surface area contributed by atoms with Crippen molar-refractivity contribution in [2.75, 3.05) is 27.9 Å². The van der Waals surface area contributed by atoms with Gasteiger partial charge < -0.3 is 18.8 Å². The Bertz CT molecular complexity index is 842. The lowest BCUT2D eigenvalue weighted by Gasteiger charge is -2.11. The van der Waals surface area contributed by atoms with Crippen LogP contribution in [0.1, 0.15) is 17.8 Å². The highest BCUT2D eigenvalue weighted by Crippen LogP contribution is 2.29. The Morgan fingerprint density at radius 2 is 1.76 bits per heavy atom. The average Bonchev–Trinajstić information content (AvgIpc) is 2.99. The molecule has 5 heteroatoms. The van der Waals surface area contributed by atoms with E-state index < -0.39 is 0 Å². The molecule has 0 aliphatic rings. The smallest absolute Gasteiger partial charge is 0.161 e. The number of hydrogen-bond donors (Lipinski definition) is 0. The van der Waals surface area contributed by atoms with Crippen LogP contribution in [0.5, 0.6) is 11.5 Å². The molecule has 0 amide bonds. The van der Waals surface area contributed by atoms with Gasteiger partial charge in [-0.25, -0.2) is 4.98 Å². The number of benzene rings is 2. The summed E-state index contributed by atoms with van der Waals surface area (Å²) in [5, 5.41) is 0. The predicted molar refractivity (Wildman–Crippen MR) is 98.6 cm³/mol. The molecule has 0 N–H and O–H groups in total. The zero-order valence-corrected chi connectivity index (χ0v) is 15.0. The number of fused-ring (bicyclic) bond motifs is 1. The molecular formula is C20H24N2O3. The van der Waals surface area contributed by atoms with Crippen LogP contribution in [0, 0.1) is 0 Å². The highest BCUT2D eigenvalue weighted by Gasteiger charge is 2.12. The summed E-state index contributed by atoms with van der Waals surface area (Å²) in [6.07, 6.45) is 1.69. The molecule has 25 heavy (non-hydrogen) atoms. The third-order valence-electron chi connectivity index (χ3n) is 4.27. The van der Waals surface area contributed by atoms with E-state index in [-0.39, 0.29) is 0 Å². The fourth-order valence-corrected chi connectivity index (χ4v) is 3.05. The summed E-state index contributed by atoms with van der Waals surface area (Å²) < 4.78 is 18.2. The van der Waals surface area contributed by atoms with Crippen LogP contribution in [-0.2, 0) is 17.7 Å². The zero-order valence-electron chi connectivity index (χ0n) is 15.0. The Balaban J connectivity index is 1.93. The Morgan fingerprint density at radius 1 is 0.960 bits per heavy atom. The molecule has 0 atom stereocenters. The Hall–Kier alpha value is -2.53. The molecule has 0 bridgehead atoms. The Kier molecular flexibility index (Phi) is 5.56. The first kappa shape index (κ1) is 17.3. The predicted octanol–water partition coefficient (Wildman–Crippen LogP) is 3.68. The lowest BCUT2D eigenvalue weighted by molar-refractivity contribution is 0.190. The van der Waals surface area contributed by atoms with Crippen molar-refractivity contribution in [1.29, 1.82) is 0 Å². The third kappa shape index (κ3) is 3.77. The van der Waals surface area contributed by atoms with E-state index in [1.54, 1.807) is 21.3 Å². The van der Waals surface area contributed by atoms with E-state index in [0.717, 1.165) is 59.9 Å². The van der Waals surface area contributed by atoms with Crippen molar-refractivity contribution in [2.45, 2.75) is 19.4 Å². The van der Waals surface area contributed by atoms with Crippen LogP contribution in [0.25, 0.3) is 11.0 Å². The molecule has 0 radical (unpaired) electrons. The van der Waals surface area contributed by atoms with Gasteiger partial charge in [0.15, 0.2) is 11.5 Å². The van der Waals surface area contributed by atoms with Crippen molar-refractivity contribution in [3.8, 4) is 11.5 Å². The van der Waals surface area contributed by atoms with Gasteiger partial charge in [-0.05, 0) is 36.2 Å². The van der Waals surface area contributed by atoms with Crippen LogP contribution in [0.2, 0.25) is 0 Å². The summed E-state index contributed by atoms with van der Waals surface area (Å²) in [6, 6.07) is 14.3. The maximum atomic E-state index is 5.41. The highest BCUT2D eigenvalue weighted by molar-refractivity contribution is 5.76. The topological polar surface area (TPSA) is 45.5 Å². The average molecular weight is 340 g/mol. The van der Waals surface area contributed by atoms with Gasteiger partial charge in [0.2, 0.25) is 0 Å². The molecule has 0 aliphatic carbocycles. The lowest BCUT2D eigenvalue weighted by Crippen LogP contribution is -2.07. The van der Waals surface area contributed by atoms with E-state index in [4.69, 9.17) is 19.2 Å².